The first kappa shape index (κ1) is 12.4. The molecule has 0 atom stereocenters. The number of carboxylic acids is 1. The number of aryl methyl sites for hydroxylation is 1. The van der Waals surface area contributed by atoms with Gasteiger partial charge in [-0.3, -0.25) is 0 Å². The highest BCUT2D eigenvalue weighted by atomic mass is 127. The van der Waals surface area contributed by atoms with Gasteiger partial charge in [0.2, 0.25) is 11.7 Å². The fourth-order valence-corrected chi connectivity index (χ4v) is 1.86. The number of halogens is 2. The Morgan fingerprint density at radius 1 is 1.53 bits per heavy atom. The highest BCUT2D eigenvalue weighted by Crippen LogP contribution is 2.27. The number of carbonyl (C=O) groups is 1. The zero-order valence-electron chi connectivity index (χ0n) is 8.70. The van der Waals surface area contributed by atoms with Crippen LogP contribution in [0, 0.1) is 10.5 Å². The van der Waals surface area contributed by atoms with E-state index < -0.39 is 5.97 Å². The molecular formula is C11H7ClINO3. The van der Waals surface area contributed by atoms with Crippen LogP contribution in [0.2, 0.25) is 5.02 Å². The van der Waals surface area contributed by atoms with Crippen molar-refractivity contribution in [2.75, 3.05) is 0 Å². The molecule has 4 nitrogen and oxygen atoms in total. The zero-order valence-corrected chi connectivity index (χ0v) is 11.6. The lowest BCUT2D eigenvalue weighted by atomic mass is 10.2. The lowest BCUT2D eigenvalue weighted by Gasteiger charge is -1.98. The zero-order chi connectivity index (χ0) is 12.6. The van der Waals surface area contributed by atoms with E-state index in [-0.39, 0.29) is 11.7 Å². The maximum atomic E-state index is 10.8. The van der Waals surface area contributed by atoms with Crippen LogP contribution >= 0.6 is 34.2 Å². The Morgan fingerprint density at radius 3 is 2.76 bits per heavy atom. The van der Waals surface area contributed by atoms with Crippen molar-refractivity contribution >= 4 is 40.2 Å². The van der Waals surface area contributed by atoms with Gasteiger partial charge in [-0.15, -0.1) is 0 Å². The van der Waals surface area contributed by atoms with E-state index in [0.717, 1.165) is 3.57 Å². The van der Waals surface area contributed by atoms with E-state index in [9.17, 15) is 4.79 Å². The Kier molecular flexibility index (Phi) is 3.39. The van der Waals surface area contributed by atoms with Gasteiger partial charge in [-0.05, 0) is 47.7 Å². The minimum Gasteiger partial charge on any atom is -0.475 e. The van der Waals surface area contributed by atoms with Crippen molar-refractivity contribution in [2.45, 2.75) is 6.92 Å². The molecule has 1 N–H and O–H groups in total. The summed E-state index contributed by atoms with van der Waals surface area (Å²) in [6.45, 7) is 1.59. The van der Waals surface area contributed by atoms with E-state index in [0.29, 0.717) is 16.3 Å². The van der Waals surface area contributed by atoms with Gasteiger partial charge in [-0.2, -0.15) is 0 Å². The average molecular weight is 364 g/mol. The average Bonchev–Trinajstić information content (AvgIpc) is 2.64. The Balaban J connectivity index is 2.50. The fraction of sp³-hybridized carbons (Fsp3) is 0.0909. The second-order valence-electron chi connectivity index (χ2n) is 3.37. The first-order valence-electron chi connectivity index (χ1n) is 4.65. The molecule has 0 bridgehead atoms. The molecule has 0 aliphatic heterocycles. The number of hydrogen-bond acceptors (Lipinski definition) is 3. The number of oxazole rings is 1. The number of aromatic carboxylic acids is 1. The second kappa shape index (κ2) is 4.66. The molecule has 0 unspecified atom stereocenters. The van der Waals surface area contributed by atoms with Crippen LogP contribution in [0.3, 0.4) is 0 Å². The molecule has 0 amide bonds. The van der Waals surface area contributed by atoms with Gasteiger partial charge in [0.05, 0.1) is 10.7 Å². The Labute approximate surface area is 116 Å². The van der Waals surface area contributed by atoms with Gasteiger partial charge in [0.1, 0.15) is 0 Å². The van der Waals surface area contributed by atoms with E-state index in [1.54, 1.807) is 19.1 Å². The minimum atomic E-state index is -1.13. The molecular weight excluding hydrogens is 356 g/mol. The SMILES string of the molecule is Cc1nc(-c2ccc(I)c(Cl)c2)oc1C(=O)O. The van der Waals surface area contributed by atoms with Crippen LogP contribution in [-0.2, 0) is 0 Å². The summed E-state index contributed by atoms with van der Waals surface area (Å²) in [5, 5.41) is 9.44. The van der Waals surface area contributed by atoms with E-state index in [4.69, 9.17) is 21.1 Å². The highest BCUT2D eigenvalue weighted by Gasteiger charge is 2.17. The smallest absolute Gasteiger partial charge is 0.373 e. The molecule has 1 aromatic heterocycles. The lowest BCUT2D eigenvalue weighted by molar-refractivity contribution is 0.0662. The van der Waals surface area contributed by atoms with E-state index >= 15 is 0 Å². The minimum absolute atomic E-state index is 0.144. The van der Waals surface area contributed by atoms with Gasteiger partial charge in [-0.1, -0.05) is 11.6 Å². The van der Waals surface area contributed by atoms with Crippen LogP contribution < -0.4 is 0 Å². The largest absolute Gasteiger partial charge is 0.475 e. The summed E-state index contributed by atoms with van der Waals surface area (Å²) in [6.07, 6.45) is 0. The van der Waals surface area contributed by atoms with E-state index in [1.165, 1.54) is 0 Å². The highest BCUT2D eigenvalue weighted by molar-refractivity contribution is 14.1. The van der Waals surface area contributed by atoms with Crippen molar-refractivity contribution in [3.05, 3.63) is 38.2 Å². The van der Waals surface area contributed by atoms with Crippen LogP contribution in [0.1, 0.15) is 16.2 Å². The summed E-state index contributed by atoms with van der Waals surface area (Å²) in [7, 11) is 0. The molecule has 1 heterocycles. The summed E-state index contributed by atoms with van der Waals surface area (Å²) in [6, 6.07) is 5.29. The topological polar surface area (TPSA) is 63.3 Å². The summed E-state index contributed by atoms with van der Waals surface area (Å²) in [5.41, 5.74) is 1.01. The molecule has 2 aromatic rings. The van der Waals surface area contributed by atoms with Gasteiger partial charge < -0.3 is 9.52 Å². The van der Waals surface area contributed by atoms with Crippen LogP contribution in [0.15, 0.2) is 22.6 Å². The molecule has 1 aromatic carbocycles. The van der Waals surface area contributed by atoms with Crippen molar-refractivity contribution in [1.82, 2.24) is 4.98 Å². The molecule has 0 aliphatic rings. The van der Waals surface area contributed by atoms with Crippen LogP contribution in [0.4, 0.5) is 0 Å². The third-order valence-electron chi connectivity index (χ3n) is 2.16. The third-order valence-corrected chi connectivity index (χ3v) is 3.73. The Hall–Kier alpha value is -1.08. The van der Waals surface area contributed by atoms with Crippen molar-refractivity contribution in [3.8, 4) is 11.5 Å². The molecule has 2 rings (SSSR count). The molecule has 0 spiro atoms. The monoisotopic (exact) mass is 363 g/mol. The fourth-order valence-electron chi connectivity index (χ4n) is 1.35. The van der Waals surface area contributed by atoms with E-state index in [2.05, 4.69) is 27.6 Å². The number of carboxylic acid groups (broad SMARTS) is 1. The molecule has 17 heavy (non-hydrogen) atoms. The number of benzene rings is 1. The van der Waals surface area contributed by atoms with Gasteiger partial charge >= 0.3 is 5.97 Å². The van der Waals surface area contributed by atoms with Crippen molar-refractivity contribution in [3.63, 3.8) is 0 Å². The summed E-state index contributed by atoms with van der Waals surface area (Å²) in [5.74, 6) is -1.01. The summed E-state index contributed by atoms with van der Waals surface area (Å²) < 4.78 is 6.10. The normalized spacial score (nSPS) is 10.5. The van der Waals surface area contributed by atoms with Gasteiger partial charge in [0.15, 0.2) is 0 Å². The Bertz CT molecular complexity index is 594. The van der Waals surface area contributed by atoms with Crippen molar-refractivity contribution < 1.29 is 14.3 Å². The number of nitrogens with zero attached hydrogens (tertiary/aromatic N) is 1. The maximum Gasteiger partial charge on any atom is 0.373 e. The quantitative estimate of drug-likeness (QED) is 0.828. The molecule has 88 valence electrons. The second-order valence-corrected chi connectivity index (χ2v) is 4.94. The summed E-state index contributed by atoms with van der Waals surface area (Å²) in [4.78, 5) is 14.9. The van der Waals surface area contributed by atoms with Gasteiger partial charge in [-0.25, -0.2) is 9.78 Å². The molecule has 0 saturated carbocycles. The molecule has 6 heteroatoms. The lowest BCUT2D eigenvalue weighted by Crippen LogP contribution is -1.95. The Morgan fingerprint density at radius 2 is 2.24 bits per heavy atom. The predicted octanol–water partition coefficient (Wildman–Crippen LogP) is 3.61. The molecule has 0 radical (unpaired) electrons. The van der Waals surface area contributed by atoms with Crippen molar-refractivity contribution in [1.29, 1.82) is 0 Å². The standard InChI is InChI=1S/C11H7ClINO3/c1-5-9(11(15)16)17-10(14-5)6-2-3-8(13)7(12)4-6/h2-4H,1H3,(H,15,16). The first-order chi connectivity index (χ1) is 7.99. The molecule has 0 aliphatic carbocycles. The van der Waals surface area contributed by atoms with Gasteiger partial charge in [0.25, 0.3) is 0 Å². The van der Waals surface area contributed by atoms with Crippen molar-refractivity contribution in [2.24, 2.45) is 0 Å². The van der Waals surface area contributed by atoms with Crippen LogP contribution in [0.25, 0.3) is 11.5 Å². The van der Waals surface area contributed by atoms with Crippen LogP contribution in [0.5, 0.6) is 0 Å². The summed E-state index contributed by atoms with van der Waals surface area (Å²) >= 11 is 8.09. The van der Waals surface area contributed by atoms with Gasteiger partial charge in [0, 0.05) is 9.13 Å². The van der Waals surface area contributed by atoms with E-state index in [1.807, 2.05) is 6.07 Å². The molecule has 0 fully saturated rings. The predicted molar refractivity (Wildman–Crippen MR) is 71.4 cm³/mol. The van der Waals surface area contributed by atoms with Crippen LogP contribution in [-0.4, -0.2) is 16.1 Å². The number of aromatic nitrogens is 1. The third kappa shape index (κ3) is 2.44. The molecule has 0 saturated heterocycles. The first-order valence-corrected chi connectivity index (χ1v) is 6.11. The maximum absolute atomic E-state index is 10.8. The number of hydrogen-bond donors (Lipinski definition) is 1. The number of rotatable bonds is 2.